The van der Waals surface area contributed by atoms with E-state index in [2.05, 4.69) is 22.3 Å². The summed E-state index contributed by atoms with van der Waals surface area (Å²) in [7, 11) is 0. The third-order valence-corrected chi connectivity index (χ3v) is 3.50. The minimum atomic E-state index is 0.0362. The zero-order chi connectivity index (χ0) is 13.9. The van der Waals surface area contributed by atoms with E-state index in [-0.39, 0.29) is 11.9 Å². The van der Waals surface area contributed by atoms with Gasteiger partial charge in [-0.2, -0.15) is 5.10 Å². The molecule has 0 spiro atoms. The summed E-state index contributed by atoms with van der Waals surface area (Å²) in [6.07, 6.45) is 6.80. The Hall–Kier alpha value is -2.21. The molecule has 0 unspecified atom stereocenters. The van der Waals surface area contributed by atoms with Crippen molar-refractivity contribution in [2.24, 2.45) is 0 Å². The Kier molecular flexibility index (Phi) is 3.47. The predicted molar refractivity (Wildman–Crippen MR) is 74.7 cm³/mol. The Morgan fingerprint density at radius 3 is 3.10 bits per heavy atom. The van der Waals surface area contributed by atoms with Gasteiger partial charge in [0.15, 0.2) is 0 Å². The van der Waals surface area contributed by atoms with Crippen LogP contribution in [-0.2, 0) is 0 Å². The van der Waals surface area contributed by atoms with Crippen molar-refractivity contribution in [3.8, 4) is 5.69 Å². The first-order valence-corrected chi connectivity index (χ1v) is 6.72. The van der Waals surface area contributed by atoms with E-state index in [0.717, 1.165) is 25.3 Å². The molecule has 1 N–H and O–H groups in total. The van der Waals surface area contributed by atoms with Crippen LogP contribution in [0.15, 0.2) is 36.9 Å². The first-order valence-electron chi connectivity index (χ1n) is 6.72. The van der Waals surface area contributed by atoms with Crippen LogP contribution in [0, 0.1) is 0 Å². The molecular weight excluding hydrogens is 254 g/mol. The first kappa shape index (κ1) is 12.8. The highest BCUT2D eigenvalue weighted by atomic mass is 16.2. The number of carbonyl (C=O) groups excluding carboxylic acids is 1. The second-order valence-corrected chi connectivity index (χ2v) is 4.94. The van der Waals surface area contributed by atoms with Gasteiger partial charge in [0.2, 0.25) is 0 Å². The van der Waals surface area contributed by atoms with Gasteiger partial charge in [-0.15, -0.1) is 0 Å². The van der Waals surface area contributed by atoms with Crippen LogP contribution >= 0.6 is 0 Å². The molecule has 1 saturated heterocycles. The highest BCUT2D eigenvalue weighted by Crippen LogP contribution is 2.12. The average Bonchev–Trinajstić information content (AvgIpc) is 2.98. The van der Waals surface area contributed by atoms with Gasteiger partial charge in [-0.1, -0.05) is 0 Å². The lowest BCUT2D eigenvalue weighted by atomic mass is 10.2. The van der Waals surface area contributed by atoms with Gasteiger partial charge in [-0.05, 0) is 19.1 Å². The lowest BCUT2D eigenvalue weighted by Gasteiger charge is -2.33. The van der Waals surface area contributed by atoms with Crippen molar-refractivity contribution in [2.75, 3.05) is 19.6 Å². The van der Waals surface area contributed by atoms with E-state index in [1.54, 1.807) is 29.5 Å². The normalized spacial score (nSPS) is 19.1. The number of pyridine rings is 1. The smallest absolute Gasteiger partial charge is 0.257 e. The van der Waals surface area contributed by atoms with Gasteiger partial charge in [-0.25, -0.2) is 4.68 Å². The molecule has 6 heteroatoms. The minimum absolute atomic E-state index is 0.0362. The van der Waals surface area contributed by atoms with Crippen molar-refractivity contribution in [2.45, 2.75) is 13.0 Å². The van der Waals surface area contributed by atoms with E-state index in [9.17, 15) is 4.79 Å². The maximum Gasteiger partial charge on any atom is 0.257 e. The lowest BCUT2D eigenvalue weighted by molar-refractivity contribution is 0.0656. The number of hydrogen-bond donors (Lipinski definition) is 1. The van der Waals surface area contributed by atoms with Gasteiger partial charge < -0.3 is 10.2 Å². The van der Waals surface area contributed by atoms with Crippen LogP contribution in [0.25, 0.3) is 5.69 Å². The number of aromatic nitrogens is 3. The Morgan fingerprint density at radius 1 is 1.45 bits per heavy atom. The van der Waals surface area contributed by atoms with E-state index in [4.69, 9.17) is 0 Å². The third kappa shape index (κ3) is 2.42. The molecule has 2 aromatic rings. The maximum absolute atomic E-state index is 12.5. The van der Waals surface area contributed by atoms with E-state index in [1.165, 1.54) is 0 Å². The Labute approximate surface area is 117 Å². The van der Waals surface area contributed by atoms with Crippen LogP contribution in [0.3, 0.4) is 0 Å². The Balaban J connectivity index is 1.81. The van der Waals surface area contributed by atoms with Gasteiger partial charge in [0.1, 0.15) is 0 Å². The average molecular weight is 271 g/mol. The molecule has 1 aliphatic rings. The molecule has 1 atom stereocenters. The van der Waals surface area contributed by atoms with Gasteiger partial charge in [0.05, 0.1) is 23.6 Å². The fraction of sp³-hybridized carbons (Fsp3) is 0.357. The Bertz CT molecular complexity index is 595. The zero-order valence-electron chi connectivity index (χ0n) is 11.4. The van der Waals surface area contributed by atoms with E-state index in [1.807, 2.05) is 17.0 Å². The van der Waals surface area contributed by atoms with Crippen LogP contribution in [0.2, 0.25) is 0 Å². The summed E-state index contributed by atoms with van der Waals surface area (Å²) in [6.45, 7) is 4.46. The minimum Gasteiger partial charge on any atom is -0.333 e. The van der Waals surface area contributed by atoms with Crippen molar-refractivity contribution in [1.29, 1.82) is 0 Å². The maximum atomic E-state index is 12.5. The number of amides is 1. The molecule has 1 amide bonds. The van der Waals surface area contributed by atoms with Crippen LogP contribution < -0.4 is 5.32 Å². The third-order valence-electron chi connectivity index (χ3n) is 3.50. The van der Waals surface area contributed by atoms with Gasteiger partial charge in [0, 0.05) is 38.1 Å². The van der Waals surface area contributed by atoms with Crippen molar-refractivity contribution in [3.63, 3.8) is 0 Å². The van der Waals surface area contributed by atoms with Gasteiger partial charge in [0.25, 0.3) is 5.91 Å². The highest BCUT2D eigenvalue weighted by Gasteiger charge is 2.24. The van der Waals surface area contributed by atoms with Gasteiger partial charge in [-0.3, -0.25) is 9.78 Å². The molecular formula is C14H17N5O. The van der Waals surface area contributed by atoms with Crippen molar-refractivity contribution < 1.29 is 4.79 Å². The van der Waals surface area contributed by atoms with Crippen LogP contribution in [0.5, 0.6) is 0 Å². The fourth-order valence-corrected chi connectivity index (χ4v) is 2.37. The molecule has 0 saturated carbocycles. The topological polar surface area (TPSA) is 63.1 Å². The predicted octanol–water partition coefficient (Wildman–Crippen LogP) is 0.701. The molecule has 2 aromatic heterocycles. The van der Waals surface area contributed by atoms with E-state index >= 15 is 0 Å². The largest absolute Gasteiger partial charge is 0.333 e. The molecule has 20 heavy (non-hydrogen) atoms. The number of piperazine rings is 1. The zero-order valence-corrected chi connectivity index (χ0v) is 11.4. The summed E-state index contributed by atoms with van der Waals surface area (Å²) < 4.78 is 1.67. The molecule has 0 aromatic carbocycles. The fourth-order valence-electron chi connectivity index (χ4n) is 2.37. The van der Waals surface area contributed by atoms with Crippen LogP contribution in [-0.4, -0.2) is 51.2 Å². The molecule has 6 nitrogen and oxygen atoms in total. The second kappa shape index (κ2) is 5.42. The van der Waals surface area contributed by atoms with Crippen molar-refractivity contribution in [1.82, 2.24) is 25.0 Å². The number of carbonyl (C=O) groups is 1. The summed E-state index contributed by atoms with van der Waals surface area (Å²) in [5.74, 6) is 0.0362. The monoisotopic (exact) mass is 271 g/mol. The summed E-state index contributed by atoms with van der Waals surface area (Å²) in [6, 6.07) is 3.96. The lowest BCUT2D eigenvalue weighted by Crippen LogP contribution is -2.52. The molecule has 3 heterocycles. The molecule has 0 radical (unpaired) electrons. The SMILES string of the molecule is C[C@@H]1CNCCN1C(=O)c1cnn(-c2cccnc2)c1. The summed E-state index contributed by atoms with van der Waals surface area (Å²) in [4.78, 5) is 18.4. The molecule has 0 bridgehead atoms. The first-order chi connectivity index (χ1) is 9.75. The van der Waals surface area contributed by atoms with Crippen LogP contribution in [0.4, 0.5) is 0 Å². The molecule has 1 fully saturated rings. The van der Waals surface area contributed by atoms with Crippen LogP contribution in [0.1, 0.15) is 17.3 Å². The van der Waals surface area contributed by atoms with E-state index in [0.29, 0.717) is 5.56 Å². The standard InChI is InChI=1S/C14H17N5O/c1-11-7-16-5-6-18(11)14(20)12-8-17-19(10-12)13-3-2-4-15-9-13/h2-4,8-11,16H,5-7H2,1H3/t11-/m1/s1. The number of rotatable bonds is 2. The molecule has 1 aliphatic heterocycles. The molecule has 104 valence electrons. The number of hydrogen-bond acceptors (Lipinski definition) is 4. The Morgan fingerprint density at radius 2 is 2.35 bits per heavy atom. The summed E-state index contributed by atoms with van der Waals surface area (Å²) in [5, 5.41) is 7.52. The van der Waals surface area contributed by atoms with E-state index < -0.39 is 0 Å². The summed E-state index contributed by atoms with van der Waals surface area (Å²) >= 11 is 0. The number of nitrogens with zero attached hydrogens (tertiary/aromatic N) is 4. The number of nitrogens with one attached hydrogen (secondary N) is 1. The molecule has 0 aliphatic carbocycles. The summed E-state index contributed by atoms with van der Waals surface area (Å²) in [5.41, 5.74) is 1.46. The quantitative estimate of drug-likeness (QED) is 0.873. The second-order valence-electron chi connectivity index (χ2n) is 4.94. The van der Waals surface area contributed by atoms with Crippen molar-refractivity contribution >= 4 is 5.91 Å². The van der Waals surface area contributed by atoms with Gasteiger partial charge >= 0.3 is 0 Å². The van der Waals surface area contributed by atoms with Crippen molar-refractivity contribution in [3.05, 3.63) is 42.5 Å². The molecule has 3 rings (SSSR count). The highest BCUT2D eigenvalue weighted by molar-refractivity contribution is 5.94.